The van der Waals surface area contributed by atoms with Crippen molar-refractivity contribution in [2.75, 3.05) is 51.9 Å². The van der Waals surface area contributed by atoms with Crippen LogP contribution in [-0.4, -0.2) is 59.0 Å². The third-order valence-corrected chi connectivity index (χ3v) is 4.99. The van der Waals surface area contributed by atoms with Gasteiger partial charge in [0.2, 0.25) is 0 Å². The highest BCUT2D eigenvalue weighted by Gasteiger charge is 2.33. The van der Waals surface area contributed by atoms with Crippen LogP contribution in [0.1, 0.15) is 19.8 Å². The molecule has 3 rings (SSSR count). The number of methoxy groups -OCH3 is 1. The summed E-state index contributed by atoms with van der Waals surface area (Å²) in [5, 5.41) is 7.03. The molecule has 26 heavy (non-hydrogen) atoms. The number of hydrogen-bond acceptors (Lipinski definition) is 4. The van der Waals surface area contributed by atoms with Crippen LogP contribution in [-0.2, 0) is 4.74 Å². The quantitative estimate of drug-likeness (QED) is 0.390. The lowest BCUT2D eigenvalue weighted by molar-refractivity contribution is -0.0971. The Hall–Kier alpha value is -1.22. The molecular formula is C19H31IN4O2. The number of benzene rings is 1. The van der Waals surface area contributed by atoms with Gasteiger partial charge in [-0.1, -0.05) is 13.0 Å². The van der Waals surface area contributed by atoms with Crippen LogP contribution in [0.5, 0.6) is 5.75 Å². The molecule has 6 nitrogen and oxygen atoms in total. The van der Waals surface area contributed by atoms with E-state index in [0.717, 1.165) is 57.4 Å². The Balaban J connectivity index is 0.00000243. The van der Waals surface area contributed by atoms with Gasteiger partial charge in [-0.15, -0.1) is 24.0 Å². The zero-order valence-corrected chi connectivity index (χ0v) is 18.3. The standard InChI is InChI=1S/C19H30N4O2.HI/c1-19(13-25-14-19)12-21-18(20-2)22-15-6-5-9-23(11-15)16-7-4-8-17(10-16)24-3;/h4,7-8,10,15H,5-6,9,11-14H2,1-3H3,(H2,20,21,22);1H. The smallest absolute Gasteiger partial charge is 0.191 e. The Morgan fingerprint density at radius 3 is 2.88 bits per heavy atom. The zero-order chi connectivity index (χ0) is 17.7. The van der Waals surface area contributed by atoms with Gasteiger partial charge in [-0.2, -0.15) is 0 Å². The molecular weight excluding hydrogens is 443 g/mol. The molecule has 0 saturated carbocycles. The van der Waals surface area contributed by atoms with Crippen molar-refractivity contribution in [1.29, 1.82) is 0 Å². The molecule has 1 aromatic carbocycles. The minimum atomic E-state index is 0. The highest BCUT2D eigenvalue weighted by atomic mass is 127. The average molecular weight is 474 g/mol. The zero-order valence-electron chi connectivity index (χ0n) is 16.0. The van der Waals surface area contributed by atoms with E-state index in [1.54, 1.807) is 7.11 Å². The van der Waals surface area contributed by atoms with Crippen LogP contribution in [0.2, 0.25) is 0 Å². The van der Waals surface area contributed by atoms with Gasteiger partial charge in [0.05, 0.1) is 20.3 Å². The van der Waals surface area contributed by atoms with E-state index in [-0.39, 0.29) is 29.4 Å². The molecule has 7 heteroatoms. The molecule has 0 spiro atoms. The van der Waals surface area contributed by atoms with Crippen LogP contribution in [0.3, 0.4) is 0 Å². The Morgan fingerprint density at radius 2 is 2.23 bits per heavy atom. The number of rotatable bonds is 5. The highest BCUT2D eigenvalue weighted by molar-refractivity contribution is 14.0. The second-order valence-corrected chi connectivity index (χ2v) is 7.36. The van der Waals surface area contributed by atoms with Gasteiger partial charge in [0, 0.05) is 49.9 Å². The van der Waals surface area contributed by atoms with Crippen molar-refractivity contribution in [2.45, 2.75) is 25.8 Å². The number of nitrogens with zero attached hydrogens (tertiary/aromatic N) is 2. The van der Waals surface area contributed by atoms with Crippen molar-refractivity contribution in [3.05, 3.63) is 24.3 Å². The fraction of sp³-hybridized carbons (Fsp3) is 0.632. The normalized spacial score (nSPS) is 22.0. The maximum absolute atomic E-state index is 5.35. The number of ether oxygens (including phenoxy) is 2. The highest BCUT2D eigenvalue weighted by Crippen LogP contribution is 2.25. The first-order chi connectivity index (χ1) is 12.1. The summed E-state index contributed by atoms with van der Waals surface area (Å²) in [5.74, 6) is 1.78. The lowest BCUT2D eigenvalue weighted by Gasteiger charge is -2.39. The summed E-state index contributed by atoms with van der Waals surface area (Å²) in [4.78, 5) is 6.80. The van der Waals surface area contributed by atoms with Gasteiger partial charge in [-0.3, -0.25) is 4.99 Å². The molecule has 0 aromatic heterocycles. The molecule has 0 bridgehead atoms. The number of guanidine groups is 1. The molecule has 0 aliphatic carbocycles. The third kappa shape index (κ3) is 5.39. The van der Waals surface area contributed by atoms with Crippen LogP contribution in [0.4, 0.5) is 5.69 Å². The van der Waals surface area contributed by atoms with Gasteiger partial charge >= 0.3 is 0 Å². The lowest BCUT2D eigenvalue weighted by Crippen LogP contribution is -2.55. The number of anilines is 1. The van der Waals surface area contributed by atoms with E-state index >= 15 is 0 Å². The van der Waals surface area contributed by atoms with E-state index < -0.39 is 0 Å². The van der Waals surface area contributed by atoms with Gasteiger partial charge in [0.25, 0.3) is 0 Å². The monoisotopic (exact) mass is 474 g/mol. The summed E-state index contributed by atoms with van der Waals surface area (Å²) in [6.07, 6.45) is 2.32. The first kappa shape index (κ1) is 21.1. The minimum Gasteiger partial charge on any atom is -0.497 e. The number of hydrogen-bond donors (Lipinski definition) is 2. The Kier molecular flexibility index (Phi) is 7.82. The summed E-state index contributed by atoms with van der Waals surface area (Å²) in [6.45, 7) is 6.82. The van der Waals surface area contributed by atoms with E-state index in [1.165, 1.54) is 5.69 Å². The molecule has 2 fully saturated rings. The van der Waals surface area contributed by atoms with Crippen LogP contribution in [0.15, 0.2) is 29.3 Å². The molecule has 1 atom stereocenters. The van der Waals surface area contributed by atoms with Crippen LogP contribution < -0.4 is 20.3 Å². The Labute approximate surface area is 173 Å². The molecule has 0 amide bonds. The van der Waals surface area contributed by atoms with Gasteiger partial charge in [-0.25, -0.2) is 0 Å². The third-order valence-electron chi connectivity index (χ3n) is 4.99. The van der Waals surface area contributed by atoms with E-state index in [1.807, 2.05) is 19.2 Å². The van der Waals surface area contributed by atoms with Crippen molar-refractivity contribution in [1.82, 2.24) is 10.6 Å². The van der Waals surface area contributed by atoms with Crippen molar-refractivity contribution in [3.8, 4) is 5.75 Å². The maximum Gasteiger partial charge on any atom is 0.191 e. The average Bonchev–Trinajstić information content (AvgIpc) is 2.63. The number of piperidine rings is 1. The fourth-order valence-corrected chi connectivity index (χ4v) is 3.37. The molecule has 1 unspecified atom stereocenters. The van der Waals surface area contributed by atoms with Crippen LogP contribution >= 0.6 is 24.0 Å². The summed E-state index contributed by atoms with van der Waals surface area (Å²) in [7, 11) is 3.54. The van der Waals surface area contributed by atoms with Crippen LogP contribution in [0.25, 0.3) is 0 Å². The summed E-state index contributed by atoms with van der Waals surface area (Å²) < 4.78 is 10.7. The minimum absolute atomic E-state index is 0. The SMILES string of the molecule is CN=C(NCC1(C)COC1)NC1CCCN(c2cccc(OC)c2)C1.I. The van der Waals surface area contributed by atoms with E-state index in [4.69, 9.17) is 9.47 Å². The molecule has 0 radical (unpaired) electrons. The number of nitrogens with one attached hydrogen (secondary N) is 2. The summed E-state index contributed by atoms with van der Waals surface area (Å²) in [6, 6.07) is 8.67. The van der Waals surface area contributed by atoms with E-state index in [9.17, 15) is 0 Å². The number of halogens is 1. The first-order valence-corrected chi connectivity index (χ1v) is 9.06. The summed E-state index contributed by atoms with van der Waals surface area (Å²) >= 11 is 0. The Morgan fingerprint density at radius 1 is 1.42 bits per heavy atom. The molecule has 2 heterocycles. The molecule has 2 N–H and O–H groups in total. The van der Waals surface area contributed by atoms with Crippen molar-refractivity contribution in [2.24, 2.45) is 10.4 Å². The second kappa shape index (κ2) is 9.64. The second-order valence-electron chi connectivity index (χ2n) is 7.36. The van der Waals surface area contributed by atoms with Gasteiger partial charge in [-0.05, 0) is 25.0 Å². The molecule has 2 aliphatic rings. The van der Waals surface area contributed by atoms with Crippen molar-refractivity contribution < 1.29 is 9.47 Å². The van der Waals surface area contributed by atoms with E-state index in [2.05, 4.69) is 39.6 Å². The largest absolute Gasteiger partial charge is 0.497 e. The number of aliphatic imine (C=N–C) groups is 1. The molecule has 2 saturated heterocycles. The van der Waals surface area contributed by atoms with Crippen molar-refractivity contribution >= 4 is 35.6 Å². The topological polar surface area (TPSA) is 58.1 Å². The van der Waals surface area contributed by atoms with Crippen LogP contribution in [0, 0.1) is 5.41 Å². The molecule has 146 valence electrons. The first-order valence-electron chi connectivity index (χ1n) is 9.06. The predicted octanol–water partition coefficient (Wildman–Crippen LogP) is 2.48. The summed E-state index contributed by atoms with van der Waals surface area (Å²) in [5.41, 5.74) is 1.45. The predicted molar refractivity (Wildman–Crippen MR) is 117 cm³/mol. The van der Waals surface area contributed by atoms with E-state index in [0.29, 0.717) is 6.04 Å². The van der Waals surface area contributed by atoms with Gasteiger partial charge in [0.15, 0.2) is 5.96 Å². The maximum atomic E-state index is 5.35. The van der Waals surface area contributed by atoms with Crippen molar-refractivity contribution in [3.63, 3.8) is 0 Å². The molecule has 1 aromatic rings. The van der Waals surface area contributed by atoms with Gasteiger partial charge < -0.3 is 25.0 Å². The lowest BCUT2D eigenvalue weighted by atomic mass is 9.89. The molecule has 2 aliphatic heterocycles. The fourth-order valence-electron chi connectivity index (χ4n) is 3.37. The van der Waals surface area contributed by atoms with Gasteiger partial charge in [0.1, 0.15) is 5.75 Å². The Bertz CT molecular complexity index is 607.